The molecule has 0 aliphatic carbocycles. The maximum absolute atomic E-state index is 13.0. The van der Waals surface area contributed by atoms with E-state index >= 15 is 0 Å². The summed E-state index contributed by atoms with van der Waals surface area (Å²) < 4.78 is 17.6. The summed E-state index contributed by atoms with van der Waals surface area (Å²) in [5, 5.41) is 2.54. The van der Waals surface area contributed by atoms with E-state index in [4.69, 9.17) is 0 Å². The molecule has 0 atom stereocenters. The second kappa shape index (κ2) is 3.80. The number of ether oxygens (including phenoxy) is 1. The van der Waals surface area contributed by atoms with E-state index in [0.29, 0.717) is 11.4 Å². The standard InChI is InChI=1S/C10H9FN2O3/c1-16-10(15)13-5-9(14)12-7-3-2-6(11)4-8(7)13/h2-4H,5H2,1H3,(H,12,14). The predicted molar refractivity (Wildman–Crippen MR) is 54.8 cm³/mol. The fourth-order valence-corrected chi connectivity index (χ4v) is 1.53. The zero-order chi connectivity index (χ0) is 11.7. The summed E-state index contributed by atoms with van der Waals surface area (Å²) in [5.41, 5.74) is 0.689. The van der Waals surface area contributed by atoms with Crippen LogP contribution in [-0.4, -0.2) is 25.7 Å². The van der Waals surface area contributed by atoms with Gasteiger partial charge in [0.2, 0.25) is 5.91 Å². The number of hydrogen-bond donors (Lipinski definition) is 1. The number of benzene rings is 1. The zero-order valence-electron chi connectivity index (χ0n) is 8.49. The first-order valence-electron chi connectivity index (χ1n) is 4.56. The van der Waals surface area contributed by atoms with Gasteiger partial charge in [0.15, 0.2) is 0 Å². The first-order chi connectivity index (χ1) is 7.61. The lowest BCUT2D eigenvalue weighted by molar-refractivity contribution is -0.115. The molecule has 0 saturated heterocycles. The third-order valence-corrected chi connectivity index (χ3v) is 2.22. The van der Waals surface area contributed by atoms with Crippen LogP contribution in [0.3, 0.4) is 0 Å². The first kappa shape index (κ1) is 10.4. The minimum absolute atomic E-state index is 0.177. The van der Waals surface area contributed by atoms with Crippen molar-refractivity contribution >= 4 is 23.4 Å². The second-order valence-electron chi connectivity index (χ2n) is 3.27. The molecule has 1 heterocycles. The number of methoxy groups -OCH3 is 1. The Labute approximate surface area is 90.8 Å². The van der Waals surface area contributed by atoms with Crippen molar-refractivity contribution in [2.24, 2.45) is 0 Å². The maximum Gasteiger partial charge on any atom is 0.414 e. The van der Waals surface area contributed by atoms with E-state index in [1.54, 1.807) is 0 Å². The second-order valence-corrected chi connectivity index (χ2v) is 3.27. The summed E-state index contributed by atoms with van der Waals surface area (Å²) in [6.07, 6.45) is -0.693. The third kappa shape index (κ3) is 1.69. The largest absolute Gasteiger partial charge is 0.452 e. The molecule has 0 radical (unpaired) electrons. The van der Waals surface area contributed by atoms with Gasteiger partial charge in [0.05, 0.1) is 18.5 Å². The number of nitrogens with zero attached hydrogens (tertiary/aromatic N) is 1. The Kier molecular flexibility index (Phi) is 2.47. The Morgan fingerprint density at radius 2 is 2.31 bits per heavy atom. The van der Waals surface area contributed by atoms with Crippen molar-refractivity contribution in [3.63, 3.8) is 0 Å². The number of rotatable bonds is 0. The van der Waals surface area contributed by atoms with Crippen molar-refractivity contribution < 1.29 is 18.7 Å². The Hall–Kier alpha value is -2.11. The fourth-order valence-electron chi connectivity index (χ4n) is 1.53. The van der Waals surface area contributed by atoms with Gasteiger partial charge in [-0.3, -0.25) is 9.69 Å². The van der Waals surface area contributed by atoms with Crippen molar-refractivity contribution in [2.45, 2.75) is 0 Å². The third-order valence-electron chi connectivity index (χ3n) is 2.22. The van der Waals surface area contributed by atoms with Crippen LogP contribution in [0.2, 0.25) is 0 Å². The highest BCUT2D eigenvalue weighted by Crippen LogP contribution is 2.30. The Morgan fingerprint density at radius 1 is 1.56 bits per heavy atom. The topological polar surface area (TPSA) is 58.6 Å². The minimum atomic E-state index is -0.693. The van der Waals surface area contributed by atoms with Crippen LogP contribution >= 0.6 is 0 Å². The van der Waals surface area contributed by atoms with Crippen LogP contribution < -0.4 is 10.2 Å². The van der Waals surface area contributed by atoms with Gasteiger partial charge in [-0.05, 0) is 18.2 Å². The molecule has 2 amide bonds. The molecular weight excluding hydrogens is 215 g/mol. The predicted octanol–water partition coefficient (Wildman–Crippen LogP) is 1.35. The van der Waals surface area contributed by atoms with Crippen molar-refractivity contribution in [3.05, 3.63) is 24.0 Å². The highest BCUT2D eigenvalue weighted by atomic mass is 19.1. The summed E-state index contributed by atoms with van der Waals surface area (Å²) in [5.74, 6) is -0.826. The lowest BCUT2D eigenvalue weighted by Gasteiger charge is -2.27. The van der Waals surface area contributed by atoms with Gasteiger partial charge in [-0.2, -0.15) is 0 Å². The number of anilines is 2. The number of nitrogens with one attached hydrogen (secondary N) is 1. The fraction of sp³-hybridized carbons (Fsp3) is 0.200. The van der Waals surface area contributed by atoms with E-state index in [9.17, 15) is 14.0 Å². The Bertz CT molecular complexity index is 461. The molecule has 1 aliphatic heterocycles. The molecule has 84 valence electrons. The lowest BCUT2D eigenvalue weighted by atomic mass is 10.2. The van der Waals surface area contributed by atoms with Gasteiger partial charge in [0.1, 0.15) is 12.4 Å². The van der Waals surface area contributed by atoms with Gasteiger partial charge >= 0.3 is 6.09 Å². The van der Waals surface area contributed by atoms with Gasteiger partial charge in [0, 0.05) is 0 Å². The average molecular weight is 224 g/mol. The highest BCUT2D eigenvalue weighted by molar-refractivity contribution is 6.08. The van der Waals surface area contributed by atoms with Crippen molar-refractivity contribution in [2.75, 3.05) is 23.9 Å². The first-order valence-corrected chi connectivity index (χ1v) is 4.56. The number of halogens is 1. The molecule has 16 heavy (non-hydrogen) atoms. The van der Waals surface area contributed by atoms with Gasteiger partial charge < -0.3 is 10.1 Å². The molecule has 1 aromatic rings. The van der Waals surface area contributed by atoms with Gasteiger partial charge in [-0.25, -0.2) is 9.18 Å². The average Bonchev–Trinajstić information content (AvgIpc) is 2.27. The monoisotopic (exact) mass is 224 g/mol. The van der Waals surface area contributed by atoms with E-state index in [1.165, 1.54) is 25.3 Å². The van der Waals surface area contributed by atoms with E-state index < -0.39 is 11.9 Å². The van der Waals surface area contributed by atoms with E-state index in [2.05, 4.69) is 10.1 Å². The van der Waals surface area contributed by atoms with E-state index in [1.807, 2.05) is 0 Å². The normalized spacial score (nSPS) is 14.1. The molecule has 2 rings (SSSR count). The summed E-state index contributed by atoms with van der Waals surface area (Å²) in [4.78, 5) is 23.8. The van der Waals surface area contributed by atoms with Crippen molar-refractivity contribution in [3.8, 4) is 0 Å². The SMILES string of the molecule is COC(=O)N1CC(=O)Nc2ccc(F)cc21. The van der Waals surface area contributed by atoms with Crippen LogP contribution in [0, 0.1) is 5.82 Å². The summed E-state index contributed by atoms with van der Waals surface area (Å²) in [7, 11) is 1.20. The van der Waals surface area contributed by atoms with E-state index in [-0.39, 0.29) is 12.5 Å². The molecule has 6 heteroatoms. The molecule has 5 nitrogen and oxygen atoms in total. The maximum atomic E-state index is 13.0. The minimum Gasteiger partial charge on any atom is -0.452 e. The molecular formula is C10H9FN2O3. The van der Waals surface area contributed by atoms with Crippen LogP contribution in [0.25, 0.3) is 0 Å². The molecule has 0 bridgehead atoms. The van der Waals surface area contributed by atoms with Crippen LogP contribution in [0.15, 0.2) is 18.2 Å². The quantitative estimate of drug-likeness (QED) is 0.723. The molecule has 1 aromatic carbocycles. The zero-order valence-corrected chi connectivity index (χ0v) is 8.49. The smallest absolute Gasteiger partial charge is 0.414 e. The van der Waals surface area contributed by atoms with Gasteiger partial charge in [0.25, 0.3) is 0 Å². The summed E-state index contributed by atoms with van der Waals surface area (Å²) in [6.45, 7) is -0.177. The molecule has 1 N–H and O–H groups in total. The number of fused-ring (bicyclic) bond motifs is 1. The molecule has 0 aromatic heterocycles. The number of hydrogen-bond acceptors (Lipinski definition) is 3. The summed E-state index contributed by atoms with van der Waals surface area (Å²) >= 11 is 0. The van der Waals surface area contributed by atoms with Crippen LogP contribution in [0.4, 0.5) is 20.6 Å². The number of carbonyl (C=O) groups is 2. The highest BCUT2D eigenvalue weighted by Gasteiger charge is 2.27. The van der Waals surface area contributed by atoms with Crippen molar-refractivity contribution in [1.29, 1.82) is 0 Å². The number of amides is 2. The molecule has 1 aliphatic rings. The lowest BCUT2D eigenvalue weighted by Crippen LogP contribution is -2.42. The molecule has 0 spiro atoms. The van der Waals surface area contributed by atoms with Gasteiger partial charge in [-0.15, -0.1) is 0 Å². The summed E-state index contributed by atoms with van der Waals surface area (Å²) in [6, 6.07) is 3.78. The van der Waals surface area contributed by atoms with E-state index in [0.717, 1.165) is 4.90 Å². The van der Waals surface area contributed by atoms with Crippen LogP contribution in [-0.2, 0) is 9.53 Å². The Balaban J connectivity index is 2.47. The molecule has 0 unspecified atom stereocenters. The number of carbonyl (C=O) groups excluding carboxylic acids is 2. The Morgan fingerprint density at radius 3 is 3.00 bits per heavy atom. The van der Waals surface area contributed by atoms with Crippen LogP contribution in [0.1, 0.15) is 0 Å². The molecule has 0 saturated carbocycles. The van der Waals surface area contributed by atoms with Crippen LogP contribution in [0.5, 0.6) is 0 Å². The molecule has 0 fully saturated rings. The van der Waals surface area contributed by atoms with Crippen molar-refractivity contribution in [1.82, 2.24) is 0 Å². The van der Waals surface area contributed by atoms with Gasteiger partial charge in [-0.1, -0.05) is 0 Å².